The summed E-state index contributed by atoms with van der Waals surface area (Å²) < 4.78 is 1.62. The first-order valence-corrected chi connectivity index (χ1v) is 10.2. The molecular weight excluding hydrogens is 368 g/mol. The molecule has 1 amide bonds. The molecule has 6 nitrogen and oxygen atoms in total. The van der Waals surface area contributed by atoms with Crippen LogP contribution in [0.2, 0.25) is 0 Å². The number of hydrogen-bond acceptors (Lipinski definition) is 6. The average Bonchev–Trinajstić information content (AvgIpc) is 3.04. The normalized spacial score (nSPS) is 12.3. The molecule has 136 valence electrons. The molecule has 3 aromatic rings. The van der Waals surface area contributed by atoms with Crippen LogP contribution in [0.15, 0.2) is 39.6 Å². The number of amides is 1. The van der Waals surface area contributed by atoms with E-state index in [0.717, 1.165) is 5.69 Å². The Morgan fingerprint density at radius 1 is 1.31 bits per heavy atom. The van der Waals surface area contributed by atoms with Gasteiger partial charge in [-0.1, -0.05) is 30.8 Å². The Morgan fingerprint density at radius 3 is 2.73 bits per heavy atom. The number of carbonyl (C=O) groups excluding carboxylic acids is 1. The molecule has 2 aromatic heterocycles. The van der Waals surface area contributed by atoms with Crippen LogP contribution in [0, 0.1) is 6.92 Å². The fourth-order valence-electron chi connectivity index (χ4n) is 2.56. The smallest absolute Gasteiger partial charge is 0.262 e. The summed E-state index contributed by atoms with van der Waals surface area (Å²) in [6, 6.07) is 7.28. The molecule has 0 aliphatic heterocycles. The van der Waals surface area contributed by atoms with E-state index in [1.165, 1.54) is 23.1 Å². The summed E-state index contributed by atoms with van der Waals surface area (Å²) in [5.74, 6) is -0.128. The molecule has 0 spiro atoms. The van der Waals surface area contributed by atoms with Gasteiger partial charge in [0, 0.05) is 11.9 Å². The fourth-order valence-corrected chi connectivity index (χ4v) is 4.33. The van der Waals surface area contributed by atoms with Gasteiger partial charge in [0.15, 0.2) is 10.3 Å². The maximum Gasteiger partial charge on any atom is 0.262 e. The van der Waals surface area contributed by atoms with Gasteiger partial charge in [0.05, 0.1) is 21.8 Å². The van der Waals surface area contributed by atoms with E-state index in [4.69, 9.17) is 0 Å². The lowest BCUT2D eigenvalue weighted by atomic mass is 10.2. The molecule has 0 radical (unpaired) electrons. The number of aromatic nitrogens is 3. The summed E-state index contributed by atoms with van der Waals surface area (Å²) in [5, 5.41) is 6.14. The fraction of sp³-hybridized carbons (Fsp3) is 0.333. The van der Waals surface area contributed by atoms with Gasteiger partial charge < -0.3 is 5.32 Å². The minimum atomic E-state index is -0.356. The predicted octanol–water partition coefficient (Wildman–Crippen LogP) is 3.69. The van der Waals surface area contributed by atoms with E-state index in [0.29, 0.717) is 34.2 Å². The van der Waals surface area contributed by atoms with E-state index >= 15 is 0 Å². The van der Waals surface area contributed by atoms with Crippen LogP contribution in [0.25, 0.3) is 10.9 Å². The van der Waals surface area contributed by atoms with E-state index in [1.807, 2.05) is 44.4 Å². The van der Waals surface area contributed by atoms with Crippen LogP contribution in [0.1, 0.15) is 26.0 Å². The highest BCUT2D eigenvalue weighted by molar-refractivity contribution is 8.00. The quantitative estimate of drug-likeness (QED) is 0.515. The van der Waals surface area contributed by atoms with E-state index in [9.17, 15) is 9.59 Å². The zero-order valence-electron chi connectivity index (χ0n) is 14.9. The number of benzene rings is 1. The zero-order valence-corrected chi connectivity index (χ0v) is 16.5. The number of anilines is 1. The third kappa shape index (κ3) is 3.81. The number of thioether (sulfide) groups is 1. The highest BCUT2D eigenvalue weighted by atomic mass is 32.2. The van der Waals surface area contributed by atoms with Gasteiger partial charge in [-0.2, -0.15) is 0 Å². The number of fused-ring (bicyclic) bond motifs is 1. The van der Waals surface area contributed by atoms with Crippen molar-refractivity contribution in [2.45, 2.75) is 44.1 Å². The lowest BCUT2D eigenvalue weighted by Gasteiger charge is -2.16. The van der Waals surface area contributed by atoms with Crippen LogP contribution in [0.3, 0.4) is 0 Å². The second-order valence-corrected chi connectivity index (χ2v) is 7.79. The van der Waals surface area contributed by atoms with Crippen molar-refractivity contribution in [3.05, 3.63) is 45.7 Å². The lowest BCUT2D eigenvalue weighted by Crippen LogP contribution is -2.28. The second kappa shape index (κ2) is 8.01. The Labute approximate surface area is 159 Å². The second-order valence-electron chi connectivity index (χ2n) is 5.76. The number of nitrogens with one attached hydrogen (secondary N) is 1. The maximum absolute atomic E-state index is 12.7. The van der Waals surface area contributed by atoms with Crippen molar-refractivity contribution in [3.63, 3.8) is 0 Å². The van der Waals surface area contributed by atoms with Gasteiger partial charge in [-0.25, -0.2) is 9.97 Å². The van der Waals surface area contributed by atoms with Crippen molar-refractivity contribution >= 4 is 45.0 Å². The molecule has 1 aromatic carbocycles. The molecule has 1 N–H and O–H groups in total. The number of hydrogen-bond donors (Lipinski definition) is 1. The molecule has 2 heterocycles. The highest BCUT2D eigenvalue weighted by Crippen LogP contribution is 2.26. The largest absolute Gasteiger partial charge is 0.301 e. The van der Waals surface area contributed by atoms with Gasteiger partial charge >= 0.3 is 0 Å². The summed E-state index contributed by atoms with van der Waals surface area (Å²) in [7, 11) is 0. The molecule has 0 aliphatic carbocycles. The molecule has 1 unspecified atom stereocenters. The van der Waals surface area contributed by atoms with Crippen molar-refractivity contribution in [2.24, 2.45) is 0 Å². The van der Waals surface area contributed by atoms with Crippen LogP contribution < -0.4 is 10.9 Å². The van der Waals surface area contributed by atoms with Crippen LogP contribution in [0.4, 0.5) is 5.13 Å². The number of rotatable bonds is 6. The van der Waals surface area contributed by atoms with Gasteiger partial charge in [-0.3, -0.25) is 14.2 Å². The Morgan fingerprint density at radius 2 is 2.08 bits per heavy atom. The van der Waals surface area contributed by atoms with Crippen molar-refractivity contribution in [3.8, 4) is 0 Å². The lowest BCUT2D eigenvalue weighted by molar-refractivity contribution is -0.115. The predicted molar refractivity (Wildman–Crippen MR) is 107 cm³/mol. The number of carbonyl (C=O) groups is 1. The third-order valence-corrected chi connectivity index (χ3v) is 6.13. The summed E-state index contributed by atoms with van der Waals surface area (Å²) in [5.41, 5.74) is 1.45. The standard InChI is InChI=1S/C18H20N4O2S2/c1-4-14(15(23)21-17-19-11(3)10-25-17)26-18-20-13-9-7-6-8-12(13)16(24)22(18)5-2/h6-10,14H,4-5H2,1-3H3,(H,19,21,23). The molecule has 0 saturated carbocycles. The molecule has 1 atom stereocenters. The number of thiazole rings is 1. The summed E-state index contributed by atoms with van der Waals surface area (Å²) >= 11 is 2.72. The van der Waals surface area contributed by atoms with Gasteiger partial charge in [-0.05, 0) is 32.4 Å². The number of aryl methyl sites for hydroxylation is 1. The van der Waals surface area contributed by atoms with Gasteiger partial charge in [0.2, 0.25) is 5.91 Å². The van der Waals surface area contributed by atoms with E-state index in [2.05, 4.69) is 15.3 Å². The minimum Gasteiger partial charge on any atom is -0.301 e. The van der Waals surface area contributed by atoms with Gasteiger partial charge in [0.25, 0.3) is 5.56 Å². The average molecular weight is 389 g/mol. The van der Waals surface area contributed by atoms with Crippen LogP contribution in [-0.4, -0.2) is 25.7 Å². The summed E-state index contributed by atoms with van der Waals surface area (Å²) in [6.07, 6.45) is 0.618. The Hall–Kier alpha value is -2.19. The molecule has 0 aliphatic rings. The first kappa shape index (κ1) is 18.6. The van der Waals surface area contributed by atoms with Crippen molar-refractivity contribution in [1.29, 1.82) is 0 Å². The monoisotopic (exact) mass is 388 g/mol. The molecule has 8 heteroatoms. The van der Waals surface area contributed by atoms with Gasteiger partial charge in [-0.15, -0.1) is 11.3 Å². The highest BCUT2D eigenvalue weighted by Gasteiger charge is 2.22. The molecule has 0 bridgehead atoms. The van der Waals surface area contributed by atoms with E-state index in [-0.39, 0.29) is 16.7 Å². The maximum atomic E-state index is 12.7. The van der Waals surface area contributed by atoms with Gasteiger partial charge in [0.1, 0.15) is 0 Å². The first-order chi connectivity index (χ1) is 12.5. The zero-order chi connectivity index (χ0) is 18.7. The van der Waals surface area contributed by atoms with Crippen molar-refractivity contribution in [1.82, 2.24) is 14.5 Å². The third-order valence-electron chi connectivity index (χ3n) is 3.90. The summed E-state index contributed by atoms with van der Waals surface area (Å²) in [4.78, 5) is 34.2. The SMILES string of the molecule is CCC(Sc1nc2ccccc2c(=O)n1CC)C(=O)Nc1nc(C)cs1. The van der Waals surface area contributed by atoms with Crippen molar-refractivity contribution in [2.75, 3.05) is 5.32 Å². The number of para-hydroxylation sites is 1. The first-order valence-electron chi connectivity index (χ1n) is 8.42. The number of nitrogens with zero attached hydrogens (tertiary/aromatic N) is 3. The van der Waals surface area contributed by atoms with Crippen LogP contribution >= 0.6 is 23.1 Å². The molecule has 0 saturated heterocycles. The molecular formula is C18H20N4O2S2. The van der Waals surface area contributed by atoms with E-state index in [1.54, 1.807) is 10.6 Å². The van der Waals surface area contributed by atoms with Crippen molar-refractivity contribution < 1.29 is 4.79 Å². The Balaban J connectivity index is 1.90. The van der Waals surface area contributed by atoms with E-state index < -0.39 is 0 Å². The topological polar surface area (TPSA) is 76.9 Å². The molecule has 26 heavy (non-hydrogen) atoms. The Bertz CT molecular complexity index is 996. The molecule has 3 rings (SSSR count). The Kier molecular flexibility index (Phi) is 5.73. The van der Waals surface area contributed by atoms with Crippen LogP contribution in [-0.2, 0) is 11.3 Å². The van der Waals surface area contributed by atoms with Crippen LogP contribution in [0.5, 0.6) is 0 Å². The molecule has 0 fully saturated rings. The summed E-state index contributed by atoms with van der Waals surface area (Å²) in [6.45, 7) is 6.24. The minimum absolute atomic E-state index is 0.0774.